The van der Waals surface area contributed by atoms with E-state index in [2.05, 4.69) is 0 Å². The molecule has 2 aliphatic heterocycles. The molecule has 3 rings (SSSR count). The molecule has 0 spiro atoms. The fourth-order valence-corrected chi connectivity index (χ4v) is 8.15. The van der Waals surface area contributed by atoms with Gasteiger partial charge >= 0.3 is 0 Å². The lowest BCUT2D eigenvalue weighted by Crippen LogP contribution is -2.38. The fraction of sp³-hybridized carbons (Fsp3) is 0.533. The van der Waals surface area contributed by atoms with Crippen molar-refractivity contribution in [1.29, 1.82) is 0 Å². The smallest absolute Gasteiger partial charge is 0.246 e. The van der Waals surface area contributed by atoms with E-state index in [4.69, 9.17) is 4.74 Å². The van der Waals surface area contributed by atoms with Crippen molar-refractivity contribution >= 4 is 41.5 Å². The van der Waals surface area contributed by atoms with Crippen molar-refractivity contribution in [3.05, 3.63) is 18.2 Å². The van der Waals surface area contributed by atoms with Crippen LogP contribution in [0.15, 0.2) is 23.1 Å². The Labute approximate surface area is 164 Å². The molecule has 156 valence electrons. The summed E-state index contributed by atoms with van der Waals surface area (Å²) < 4.78 is 80.6. The van der Waals surface area contributed by atoms with E-state index in [-0.39, 0.29) is 46.4 Å². The Balaban J connectivity index is 2.06. The van der Waals surface area contributed by atoms with E-state index in [0.717, 1.165) is 10.4 Å². The van der Waals surface area contributed by atoms with Crippen LogP contribution in [0.1, 0.15) is 12.8 Å². The van der Waals surface area contributed by atoms with Crippen molar-refractivity contribution in [3.8, 4) is 5.75 Å². The van der Waals surface area contributed by atoms with Crippen molar-refractivity contribution in [2.24, 2.45) is 0 Å². The third-order valence-electron chi connectivity index (χ3n) is 4.84. The Kier molecular flexibility index (Phi) is 5.23. The topological polar surface area (TPSA) is 135 Å². The second-order valence-electron chi connectivity index (χ2n) is 6.64. The first-order valence-electron chi connectivity index (χ1n) is 8.31. The van der Waals surface area contributed by atoms with Gasteiger partial charge in [0.15, 0.2) is 9.84 Å². The number of nitrogens with zero attached hydrogens (tertiary/aromatic N) is 2. The molecule has 2 saturated heterocycles. The molecule has 1 amide bonds. The van der Waals surface area contributed by atoms with Gasteiger partial charge in [-0.15, -0.1) is 0 Å². The fourth-order valence-electron chi connectivity index (χ4n) is 3.28. The lowest BCUT2D eigenvalue weighted by molar-refractivity contribution is -0.116. The summed E-state index contributed by atoms with van der Waals surface area (Å²) in [6.07, 6.45) is -0.0185. The second kappa shape index (κ2) is 6.97. The van der Waals surface area contributed by atoms with Gasteiger partial charge in [0.25, 0.3) is 0 Å². The van der Waals surface area contributed by atoms with Crippen LogP contribution in [0.5, 0.6) is 5.75 Å². The molecule has 2 aliphatic rings. The molecule has 0 aromatic heterocycles. The highest BCUT2D eigenvalue weighted by Gasteiger charge is 2.40. The number of benzene rings is 1. The number of ether oxygens (including phenoxy) is 1. The van der Waals surface area contributed by atoms with Gasteiger partial charge in [-0.25, -0.2) is 29.6 Å². The molecule has 0 aliphatic carbocycles. The lowest BCUT2D eigenvalue weighted by atomic mass is 10.3. The van der Waals surface area contributed by atoms with Gasteiger partial charge < -0.3 is 4.74 Å². The van der Waals surface area contributed by atoms with E-state index in [1.807, 2.05) is 0 Å². The van der Waals surface area contributed by atoms with Crippen LogP contribution in [0.2, 0.25) is 0 Å². The Morgan fingerprint density at radius 3 is 2.36 bits per heavy atom. The number of carbonyl (C=O) groups is 1. The number of rotatable bonds is 5. The van der Waals surface area contributed by atoms with E-state index < -0.39 is 41.8 Å². The summed E-state index contributed by atoms with van der Waals surface area (Å²) in [6.45, 7) is 0. The number of carbonyl (C=O) groups excluding carboxylic acids is 1. The van der Waals surface area contributed by atoms with Gasteiger partial charge in [0.05, 0.1) is 30.1 Å². The minimum atomic E-state index is -4.21. The summed E-state index contributed by atoms with van der Waals surface area (Å²) in [5.41, 5.74) is -0.102. The molecule has 0 bridgehead atoms. The van der Waals surface area contributed by atoms with Crippen molar-refractivity contribution in [3.63, 3.8) is 0 Å². The highest BCUT2D eigenvalue weighted by Crippen LogP contribution is 2.35. The zero-order valence-electron chi connectivity index (χ0n) is 15.2. The van der Waals surface area contributed by atoms with Crippen molar-refractivity contribution in [2.45, 2.75) is 23.8 Å². The van der Waals surface area contributed by atoms with Gasteiger partial charge in [-0.05, 0) is 24.6 Å². The molecule has 13 heteroatoms. The Hall–Kier alpha value is -1.70. The number of amides is 1. The van der Waals surface area contributed by atoms with Crippen LogP contribution in [0.3, 0.4) is 0 Å². The van der Waals surface area contributed by atoms with Gasteiger partial charge in [0.2, 0.25) is 26.0 Å². The first-order valence-corrected chi connectivity index (χ1v) is 13.2. The molecule has 1 aromatic rings. The van der Waals surface area contributed by atoms with Crippen LogP contribution in [-0.2, 0) is 34.7 Å². The first kappa shape index (κ1) is 21.0. The zero-order valence-corrected chi connectivity index (χ0v) is 17.7. The van der Waals surface area contributed by atoms with Crippen LogP contribution in [-0.4, -0.2) is 72.9 Å². The quantitative estimate of drug-likeness (QED) is 0.587. The maximum Gasteiger partial charge on any atom is 0.246 e. The van der Waals surface area contributed by atoms with E-state index in [0.29, 0.717) is 4.31 Å². The van der Waals surface area contributed by atoms with Crippen LogP contribution >= 0.6 is 0 Å². The van der Waals surface area contributed by atoms with Crippen molar-refractivity contribution in [2.75, 3.05) is 35.7 Å². The summed E-state index contributed by atoms with van der Waals surface area (Å²) >= 11 is 0. The largest absolute Gasteiger partial charge is 0.495 e. The third kappa shape index (κ3) is 3.63. The van der Waals surface area contributed by atoms with Crippen molar-refractivity contribution in [1.82, 2.24) is 4.31 Å². The van der Waals surface area contributed by atoms with Crippen LogP contribution < -0.4 is 9.04 Å². The highest BCUT2D eigenvalue weighted by atomic mass is 32.2. The van der Waals surface area contributed by atoms with Crippen LogP contribution in [0.4, 0.5) is 5.69 Å². The number of hydrogen-bond donors (Lipinski definition) is 0. The predicted octanol–water partition coefficient (Wildman–Crippen LogP) is -0.431. The van der Waals surface area contributed by atoms with E-state index in [9.17, 15) is 30.0 Å². The maximum atomic E-state index is 13.1. The monoisotopic (exact) mass is 452 g/mol. The van der Waals surface area contributed by atoms with Gasteiger partial charge in [-0.1, -0.05) is 0 Å². The molecule has 10 nitrogen and oxygen atoms in total. The average Bonchev–Trinajstić information content (AvgIpc) is 3.11. The number of anilines is 1. The minimum absolute atomic E-state index is 0.0412. The normalized spacial score (nSPS) is 24.0. The first-order chi connectivity index (χ1) is 12.9. The summed E-state index contributed by atoms with van der Waals surface area (Å²) in [5, 5.41) is 0. The summed E-state index contributed by atoms with van der Waals surface area (Å²) in [4.78, 5) is 11.7. The molecule has 0 radical (unpaired) electrons. The number of sulfonamides is 2. The molecular weight excluding hydrogens is 432 g/mol. The molecule has 2 fully saturated rings. The van der Waals surface area contributed by atoms with E-state index >= 15 is 0 Å². The molecule has 0 saturated carbocycles. The lowest BCUT2D eigenvalue weighted by Gasteiger charge is -2.25. The number of methoxy groups -OCH3 is 1. The molecule has 1 unspecified atom stereocenters. The standard InChI is InChI=1S/C15H20N2O8S3/c1-16(12-5-7-26(19,20)10-12)28(23,24)14-9-11(3-4-13(14)25-2)17-15(18)6-8-27(17,21)22/h3-4,9,12H,5-8,10H2,1-2H3. The Morgan fingerprint density at radius 2 is 1.86 bits per heavy atom. The second-order valence-corrected chi connectivity index (χ2v) is 12.8. The summed E-state index contributed by atoms with van der Waals surface area (Å²) in [7, 11) is -8.87. The highest BCUT2D eigenvalue weighted by molar-refractivity contribution is 7.94. The summed E-state index contributed by atoms with van der Waals surface area (Å²) in [5.74, 6) is -1.43. The molecule has 28 heavy (non-hydrogen) atoms. The average molecular weight is 453 g/mol. The van der Waals surface area contributed by atoms with Crippen LogP contribution in [0.25, 0.3) is 0 Å². The van der Waals surface area contributed by atoms with Gasteiger partial charge in [0.1, 0.15) is 10.6 Å². The van der Waals surface area contributed by atoms with Gasteiger partial charge in [-0.2, -0.15) is 4.31 Å². The SMILES string of the molecule is COc1ccc(N2C(=O)CCS2(=O)=O)cc1S(=O)(=O)N(C)C1CCS(=O)(=O)C1. The minimum Gasteiger partial charge on any atom is -0.495 e. The molecule has 2 heterocycles. The molecule has 0 N–H and O–H groups in total. The van der Waals surface area contributed by atoms with Crippen molar-refractivity contribution < 1.29 is 34.8 Å². The third-order valence-corrected chi connectivity index (χ3v) is 10.2. The summed E-state index contributed by atoms with van der Waals surface area (Å²) in [6, 6.07) is 2.89. The van der Waals surface area contributed by atoms with Crippen LogP contribution in [0, 0.1) is 0 Å². The maximum absolute atomic E-state index is 13.1. The number of hydrogen-bond acceptors (Lipinski definition) is 8. The van der Waals surface area contributed by atoms with E-state index in [1.165, 1.54) is 26.3 Å². The van der Waals surface area contributed by atoms with E-state index in [1.54, 1.807) is 0 Å². The van der Waals surface area contributed by atoms with Gasteiger partial charge in [0, 0.05) is 19.5 Å². The number of sulfone groups is 1. The predicted molar refractivity (Wildman–Crippen MR) is 101 cm³/mol. The van der Waals surface area contributed by atoms with Gasteiger partial charge in [-0.3, -0.25) is 4.79 Å². The Bertz CT molecular complexity index is 1130. The molecule has 1 aromatic carbocycles. The molecule has 1 atom stereocenters. The zero-order chi connectivity index (χ0) is 20.9. The molecular formula is C15H20N2O8S3. The Morgan fingerprint density at radius 1 is 1.18 bits per heavy atom.